The van der Waals surface area contributed by atoms with Crippen LogP contribution in [0.2, 0.25) is 5.02 Å². The average molecular weight is 374 g/mol. The van der Waals surface area contributed by atoms with E-state index in [2.05, 4.69) is 15.9 Å². The fourth-order valence-corrected chi connectivity index (χ4v) is 3.19. The van der Waals surface area contributed by atoms with E-state index in [-0.39, 0.29) is 17.2 Å². The van der Waals surface area contributed by atoms with Gasteiger partial charge in [0.25, 0.3) is 0 Å². The molecule has 2 rings (SSSR count). The SMILES string of the molecule is O=C(CSc1ccccc1Br)Cc1ccc(Cl)c(F)c1. The van der Waals surface area contributed by atoms with E-state index in [1.165, 1.54) is 23.9 Å². The molecule has 2 aromatic rings. The maximum atomic E-state index is 13.3. The van der Waals surface area contributed by atoms with Crippen LogP contribution in [0.3, 0.4) is 0 Å². The highest BCUT2D eigenvalue weighted by Gasteiger charge is 2.08. The predicted octanol–water partition coefficient (Wildman–Crippen LogP) is 5.15. The Kier molecular flexibility index (Phi) is 5.64. The minimum atomic E-state index is -0.490. The van der Waals surface area contributed by atoms with Gasteiger partial charge in [0.2, 0.25) is 0 Å². The maximum absolute atomic E-state index is 13.3. The summed E-state index contributed by atoms with van der Waals surface area (Å²) in [4.78, 5) is 12.9. The summed E-state index contributed by atoms with van der Waals surface area (Å²) in [6, 6.07) is 12.2. The number of hydrogen-bond acceptors (Lipinski definition) is 2. The van der Waals surface area contributed by atoms with Crippen LogP contribution in [-0.2, 0) is 11.2 Å². The van der Waals surface area contributed by atoms with Crippen LogP contribution < -0.4 is 0 Å². The topological polar surface area (TPSA) is 17.1 Å². The van der Waals surface area contributed by atoms with E-state index in [9.17, 15) is 9.18 Å². The summed E-state index contributed by atoms with van der Waals surface area (Å²) in [5, 5.41) is 0.0730. The number of halogens is 3. The van der Waals surface area contributed by atoms with Crippen LogP contribution in [0.5, 0.6) is 0 Å². The Labute approximate surface area is 134 Å². The molecular weight excluding hydrogens is 363 g/mol. The summed E-state index contributed by atoms with van der Waals surface area (Å²) in [7, 11) is 0. The molecule has 0 saturated carbocycles. The molecule has 5 heteroatoms. The third kappa shape index (κ3) is 4.33. The van der Waals surface area contributed by atoms with Crippen molar-refractivity contribution < 1.29 is 9.18 Å². The molecule has 0 atom stereocenters. The molecule has 0 amide bonds. The molecule has 0 bridgehead atoms. The molecule has 0 fully saturated rings. The molecule has 0 heterocycles. The number of rotatable bonds is 5. The molecule has 0 radical (unpaired) electrons. The smallest absolute Gasteiger partial charge is 0.147 e. The molecule has 1 nitrogen and oxygen atoms in total. The average Bonchev–Trinajstić information content (AvgIpc) is 2.42. The fourth-order valence-electron chi connectivity index (χ4n) is 1.65. The second kappa shape index (κ2) is 7.25. The van der Waals surface area contributed by atoms with Gasteiger partial charge in [-0.2, -0.15) is 0 Å². The monoisotopic (exact) mass is 372 g/mol. The Bertz CT molecular complexity index is 633. The van der Waals surface area contributed by atoms with Crippen LogP contribution in [0.1, 0.15) is 5.56 Å². The molecule has 20 heavy (non-hydrogen) atoms. The molecule has 0 aliphatic heterocycles. The summed E-state index contributed by atoms with van der Waals surface area (Å²) >= 11 is 10.5. The van der Waals surface area contributed by atoms with Crippen molar-refractivity contribution in [1.29, 1.82) is 0 Å². The number of carbonyl (C=O) groups is 1. The molecule has 104 valence electrons. The summed E-state index contributed by atoms with van der Waals surface area (Å²) in [6.45, 7) is 0. The Morgan fingerprint density at radius 2 is 2.00 bits per heavy atom. The first-order valence-electron chi connectivity index (χ1n) is 5.89. The van der Waals surface area contributed by atoms with Crippen LogP contribution >= 0.6 is 39.3 Å². The highest BCUT2D eigenvalue weighted by Crippen LogP contribution is 2.27. The van der Waals surface area contributed by atoms with Gasteiger partial charge in [-0.25, -0.2) is 4.39 Å². The van der Waals surface area contributed by atoms with Gasteiger partial charge in [0.15, 0.2) is 0 Å². The van der Waals surface area contributed by atoms with Gasteiger partial charge in [-0.05, 0) is 45.8 Å². The van der Waals surface area contributed by atoms with Gasteiger partial charge in [-0.3, -0.25) is 4.79 Å². The standard InChI is InChI=1S/C15H11BrClFOS/c16-12-3-1-2-4-15(12)20-9-11(19)7-10-5-6-13(17)14(18)8-10/h1-6,8H,7,9H2. The lowest BCUT2D eigenvalue weighted by molar-refractivity contribution is -0.116. The van der Waals surface area contributed by atoms with Gasteiger partial charge in [-0.1, -0.05) is 29.8 Å². The van der Waals surface area contributed by atoms with E-state index in [1.807, 2.05) is 24.3 Å². The van der Waals surface area contributed by atoms with Crippen LogP contribution in [0.15, 0.2) is 51.8 Å². The number of ketones is 1. The van der Waals surface area contributed by atoms with Crippen LogP contribution in [-0.4, -0.2) is 11.5 Å². The van der Waals surface area contributed by atoms with Crippen molar-refractivity contribution in [3.63, 3.8) is 0 Å². The highest BCUT2D eigenvalue weighted by atomic mass is 79.9. The zero-order valence-corrected chi connectivity index (χ0v) is 13.6. The second-order valence-corrected chi connectivity index (χ2v) is 6.46. The van der Waals surface area contributed by atoms with E-state index in [0.717, 1.165) is 9.37 Å². The number of thioether (sulfide) groups is 1. The first-order valence-corrected chi connectivity index (χ1v) is 8.05. The molecule has 0 aromatic heterocycles. The van der Waals surface area contributed by atoms with Crippen LogP contribution in [0.25, 0.3) is 0 Å². The van der Waals surface area contributed by atoms with Crippen molar-refractivity contribution >= 4 is 45.1 Å². The Morgan fingerprint density at radius 3 is 2.70 bits per heavy atom. The number of Topliss-reactive ketones (excluding diaryl/α,β-unsaturated/α-hetero) is 1. The molecule has 2 aromatic carbocycles. The lowest BCUT2D eigenvalue weighted by Gasteiger charge is -2.04. The lowest BCUT2D eigenvalue weighted by atomic mass is 10.1. The Balaban J connectivity index is 1.93. The van der Waals surface area contributed by atoms with Gasteiger partial charge >= 0.3 is 0 Å². The molecular formula is C15H11BrClFOS. The quantitative estimate of drug-likeness (QED) is 0.675. The number of carbonyl (C=O) groups excluding carboxylic acids is 1. The van der Waals surface area contributed by atoms with E-state index < -0.39 is 5.82 Å². The summed E-state index contributed by atoms with van der Waals surface area (Å²) in [6.07, 6.45) is 0.214. The van der Waals surface area contributed by atoms with Crippen molar-refractivity contribution in [3.05, 3.63) is 63.3 Å². The minimum absolute atomic E-state index is 0.0486. The summed E-state index contributed by atoms with van der Waals surface area (Å²) in [5.41, 5.74) is 0.643. The number of hydrogen-bond donors (Lipinski definition) is 0. The fraction of sp³-hybridized carbons (Fsp3) is 0.133. The Morgan fingerprint density at radius 1 is 1.25 bits per heavy atom. The third-order valence-electron chi connectivity index (χ3n) is 2.61. The predicted molar refractivity (Wildman–Crippen MR) is 85.0 cm³/mol. The van der Waals surface area contributed by atoms with Crippen LogP contribution in [0, 0.1) is 5.82 Å². The highest BCUT2D eigenvalue weighted by molar-refractivity contribution is 9.10. The van der Waals surface area contributed by atoms with Crippen molar-refractivity contribution in [2.45, 2.75) is 11.3 Å². The zero-order valence-electron chi connectivity index (χ0n) is 10.4. The van der Waals surface area contributed by atoms with Gasteiger partial charge in [-0.15, -0.1) is 11.8 Å². The van der Waals surface area contributed by atoms with E-state index in [1.54, 1.807) is 6.07 Å². The van der Waals surface area contributed by atoms with Crippen molar-refractivity contribution in [1.82, 2.24) is 0 Å². The normalized spacial score (nSPS) is 10.6. The molecule has 0 N–H and O–H groups in total. The third-order valence-corrected chi connectivity index (χ3v) is 5.00. The zero-order chi connectivity index (χ0) is 14.5. The second-order valence-electron chi connectivity index (χ2n) is 4.18. The summed E-state index contributed by atoms with van der Waals surface area (Å²) < 4.78 is 14.2. The van der Waals surface area contributed by atoms with Crippen molar-refractivity contribution in [2.75, 3.05) is 5.75 Å². The van der Waals surface area contributed by atoms with Gasteiger partial charge in [0, 0.05) is 15.8 Å². The molecule has 0 aliphatic carbocycles. The largest absolute Gasteiger partial charge is 0.298 e. The van der Waals surface area contributed by atoms with E-state index in [4.69, 9.17) is 11.6 Å². The maximum Gasteiger partial charge on any atom is 0.147 e. The van der Waals surface area contributed by atoms with Crippen LogP contribution in [0.4, 0.5) is 4.39 Å². The number of benzene rings is 2. The first kappa shape index (κ1) is 15.5. The van der Waals surface area contributed by atoms with Crippen molar-refractivity contribution in [3.8, 4) is 0 Å². The van der Waals surface area contributed by atoms with Gasteiger partial charge in [0.1, 0.15) is 11.6 Å². The molecule has 0 spiro atoms. The molecule has 0 unspecified atom stereocenters. The van der Waals surface area contributed by atoms with Gasteiger partial charge in [0.05, 0.1) is 10.8 Å². The first-order chi connectivity index (χ1) is 9.56. The van der Waals surface area contributed by atoms with E-state index in [0.29, 0.717) is 11.3 Å². The molecule has 0 saturated heterocycles. The van der Waals surface area contributed by atoms with Gasteiger partial charge < -0.3 is 0 Å². The summed E-state index contributed by atoms with van der Waals surface area (Å²) in [5.74, 6) is -0.0877. The molecule has 0 aliphatic rings. The minimum Gasteiger partial charge on any atom is -0.298 e. The lowest BCUT2D eigenvalue weighted by Crippen LogP contribution is -2.06. The van der Waals surface area contributed by atoms with Crippen molar-refractivity contribution in [2.24, 2.45) is 0 Å². The Hall–Kier alpha value is -0.840. The van der Waals surface area contributed by atoms with E-state index >= 15 is 0 Å².